The summed E-state index contributed by atoms with van der Waals surface area (Å²) in [6, 6.07) is 11.7. The number of amides is 1. The Morgan fingerprint density at radius 1 is 1.23 bits per heavy atom. The second-order valence-electron chi connectivity index (χ2n) is 7.90. The molecule has 3 N–H and O–H groups in total. The summed E-state index contributed by atoms with van der Waals surface area (Å²) in [4.78, 5) is 20.6. The van der Waals surface area contributed by atoms with Crippen LogP contribution in [0.3, 0.4) is 0 Å². The van der Waals surface area contributed by atoms with Gasteiger partial charge < -0.3 is 15.5 Å². The Labute approximate surface area is 184 Å². The van der Waals surface area contributed by atoms with Crippen LogP contribution in [0, 0.1) is 5.92 Å². The van der Waals surface area contributed by atoms with Gasteiger partial charge in [-0.15, -0.1) is 22.7 Å². The maximum absolute atomic E-state index is 12.6. The van der Waals surface area contributed by atoms with Gasteiger partial charge in [0.15, 0.2) is 6.10 Å². The van der Waals surface area contributed by atoms with Gasteiger partial charge in [-0.1, -0.05) is 25.1 Å². The topological polar surface area (TPSA) is 85.7 Å². The molecule has 1 aliphatic heterocycles. The zero-order valence-electron chi connectivity index (χ0n) is 16.9. The summed E-state index contributed by atoms with van der Waals surface area (Å²) >= 11 is 2.97. The number of carbonyl (C=O) groups is 1. The predicted octanol–water partition coefficient (Wildman–Crippen LogP) is 3.34. The lowest BCUT2D eigenvalue weighted by Gasteiger charge is -2.36. The molecule has 1 amide bonds. The van der Waals surface area contributed by atoms with Crippen molar-refractivity contribution in [2.75, 3.05) is 19.6 Å². The Kier molecular flexibility index (Phi) is 6.80. The largest absolute Gasteiger partial charge is 0.383 e. The van der Waals surface area contributed by atoms with Crippen LogP contribution < -0.4 is 5.32 Å². The summed E-state index contributed by atoms with van der Waals surface area (Å²) in [5.41, 5.74) is 0.751. The molecule has 30 heavy (non-hydrogen) atoms. The van der Waals surface area contributed by atoms with Crippen LogP contribution in [0.15, 0.2) is 41.8 Å². The van der Waals surface area contributed by atoms with Crippen molar-refractivity contribution < 1.29 is 15.0 Å². The van der Waals surface area contributed by atoms with E-state index in [9.17, 15) is 15.0 Å². The molecule has 1 saturated heterocycles. The molecule has 1 aromatic carbocycles. The van der Waals surface area contributed by atoms with Crippen molar-refractivity contribution in [3.8, 4) is 0 Å². The van der Waals surface area contributed by atoms with Crippen molar-refractivity contribution in [2.24, 2.45) is 5.92 Å². The molecule has 0 radical (unpaired) electrons. The molecule has 0 aliphatic carbocycles. The van der Waals surface area contributed by atoms with E-state index >= 15 is 0 Å². The molecule has 3 heterocycles. The van der Waals surface area contributed by atoms with Crippen LogP contribution in [-0.4, -0.2) is 51.7 Å². The Balaban J connectivity index is 1.41. The second-order valence-corrected chi connectivity index (χ2v) is 9.95. The lowest BCUT2D eigenvalue weighted by molar-refractivity contribution is -0.135. The zero-order valence-corrected chi connectivity index (χ0v) is 18.5. The van der Waals surface area contributed by atoms with Crippen molar-refractivity contribution >= 4 is 38.8 Å². The van der Waals surface area contributed by atoms with Crippen LogP contribution in [0.1, 0.15) is 41.8 Å². The minimum atomic E-state index is -1.56. The third-order valence-electron chi connectivity index (χ3n) is 5.73. The van der Waals surface area contributed by atoms with Gasteiger partial charge in [-0.3, -0.25) is 9.69 Å². The van der Waals surface area contributed by atoms with Crippen LogP contribution in [0.4, 0.5) is 0 Å². The quantitative estimate of drug-likeness (QED) is 0.519. The van der Waals surface area contributed by atoms with E-state index in [1.807, 2.05) is 35.7 Å². The first-order valence-electron chi connectivity index (χ1n) is 10.3. The molecule has 8 heteroatoms. The fourth-order valence-electron chi connectivity index (χ4n) is 3.83. The summed E-state index contributed by atoms with van der Waals surface area (Å²) < 4.78 is 0.913. The van der Waals surface area contributed by atoms with E-state index in [2.05, 4.69) is 28.2 Å². The van der Waals surface area contributed by atoms with Gasteiger partial charge in [0.05, 0.1) is 16.3 Å². The minimum Gasteiger partial charge on any atom is -0.383 e. The third kappa shape index (κ3) is 4.73. The van der Waals surface area contributed by atoms with Crippen molar-refractivity contribution in [3.63, 3.8) is 0 Å². The van der Waals surface area contributed by atoms with E-state index in [-0.39, 0.29) is 6.04 Å². The van der Waals surface area contributed by atoms with Crippen molar-refractivity contribution in [1.29, 1.82) is 0 Å². The third-order valence-corrected chi connectivity index (χ3v) is 7.81. The monoisotopic (exact) mass is 445 g/mol. The summed E-state index contributed by atoms with van der Waals surface area (Å²) in [5, 5.41) is 26.2. The number of aliphatic hydroxyl groups is 2. The number of hydrogen-bond donors (Lipinski definition) is 3. The van der Waals surface area contributed by atoms with Gasteiger partial charge >= 0.3 is 0 Å². The molecule has 0 saturated carbocycles. The number of hydrogen-bond acceptors (Lipinski definition) is 7. The van der Waals surface area contributed by atoms with Crippen molar-refractivity contribution in [1.82, 2.24) is 15.2 Å². The molecule has 4 rings (SSSR count). The van der Waals surface area contributed by atoms with Gasteiger partial charge in [-0.2, -0.15) is 0 Å². The highest BCUT2D eigenvalue weighted by Crippen LogP contribution is 2.30. The molecule has 3 atom stereocenters. The maximum atomic E-state index is 12.6. The molecule has 3 aromatic rings. The zero-order chi connectivity index (χ0) is 21.1. The van der Waals surface area contributed by atoms with E-state index in [0.717, 1.165) is 42.1 Å². The van der Waals surface area contributed by atoms with Crippen molar-refractivity contribution in [2.45, 2.75) is 38.0 Å². The van der Waals surface area contributed by atoms with Crippen LogP contribution in [0.5, 0.6) is 0 Å². The Bertz CT molecular complexity index is 934. The highest BCUT2D eigenvalue weighted by Gasteiger charge is 2.30. The number of aliphatic hydroxyl groups excluding tert-OH is 2. The van der Waals surface area contributed by atoms with E-state index in [4.69, 9.17) is 0 Å². The average molecular weight is 446 g/mol. The second kappa shape index (κ2) is 9.53. The molecule has 1 aliphatic rings. The molecular formula is C22H27N3O3S2. The first kappa shape index (κ1) is 21.4. The molecule has 160 valence electrons. The smallest absolute Gasteiger partial charge is 0.252 e. The maximum Gasteiger partial charge on any atom is 0.252 e. The van der Waals surface area contributed by atoms with Gasteiger partial charge in [-0.05, 0) is 55.4 Å². The van der Waals surface area contributed by atoms with Crippen LogP contribution in [-0.2, 0) is 4.79 Å². The molecule has 0 spiro atoms. The van der Waals surface area contributed by atoms with Crippen LogP contribution in [0.2, 0.25) is 0 Å². The summed E-state index contributed by atoms with van der Waals surface area (Å²) in [7, 11) is 0. The van der Waals surface area contributed by atoms with Crippen LogP contribution in [0.25, 0.3) is 10.2 Å². The van der Waals surface area contributed by atoms with Crippen molar-refractivity contribution in [3.05, 3.63) is 51.7 Å². The molecule has 2 aromatic heterocycles. The normalized spacial score (nSPS) is 18.9. The van der Waals surface area contributed by atoms with E-state index in [1.54, 1.807) is 11.3 Å². The molecule has 1 fully saturated rings. The molecule has 6 nitrogen and oxygen atoms in total. The predicted molar refractivity (Wildman–Crippen MR) is 121 cm³/mol. The SMILES string of the molecule is CC1CCN(C(CNC(=O)C(O)C(O)c2nc3ccccc3s2)c2cccs2)CC1. The number of nitrogens with zero attached hydrogens (tertiary/aromatic N) is 2. The van der Waals surface area contributed by atoms with E-state index < -0.39 is 18.1 Å². The lowest BCUT2D eigenvalue weighted by atomic mass is 9.97. The van der Waals surface area contributed by atoms with Gasteiger partial charge in [0.25, 0.3) is 5.91 Å². The number of thiophene rings is 1. The summed E-state index contributed by atoms with van der Waals surface area (Å²) in [5.74, 6) is 0.152. The van der Waals surface area contributed by atoms with E-state index in [1.165, 1.54) is 16.2 Å². The number of piperidine rings is 1. The standard InChI is InChI=1S/C22H27N3O3S2/c1-14-8-10-25(11-9-14)16(18-7-4-12-29-18)13-23-21(28)19(26)20(27)22-24-15-5-2-3-6-17(15)30-22/h2-7,12,14,16,19-20,26-27H,8-11,13H2,1H3,(H,23,28). The number of thiazole rings is 1. The van der Waals surface area contributed by atoms with Gasteiger partial charge in [0.2, 0.25) is 0 Å². The number of rotatable bonds is 7. The van der Waals surface area contributed by atoms with Crippen LogP contribution >= 0.6 is 22.7 Å². The lowest BCUT2D eigenvalue weighted by Crippen LogP contribution is -2.45. The fraction of sp³-hybridized carbons (Fsp3) is 0.455. The fourth-order valence-corrected chi connectivity index (χ4v) is 5.67. The number of carbonyl (C=O) groups excluding carboxylic acids is 1. The number of aromatic nitrogens is 1. The van der Waals surface area contributed by atoms with E-state index in [0.29, 0.717) is 11.6 Å². The number of nitrogens with one attached hydrogen (secondary N) is 1. The Morgan fingerprint density at radius 3 is 2.70 bits per heavy atom. The number of para-hydroxylation sites is 1. The molecule has 3 unspecified atom stereocenters. The minimum absolute atomic E-state index is 0.0771. The first-order valence-corrected chi connectivity index (χ1v) is 12.0. The number of benzene rings is 1. The number of fused-ring (bicyclic) bond motifs is 1. The van der Waals surface area contributed by atoms with Gasteiger partial charge in [0, 0.05) is 11.4 Å². The summed E-state index contributed by atoms with van der Waals surface area (Å²) in [6.07, 6.45) is -0.613. The highest BCUT2D eigenvalue weighted by atomic mass is 32.1. The Morgan fingerprint density at radius 2 is 2.00 bits per heavy atom. The molecule has 0 bridgehead atoms. The number of likely N-dealkylation sites (tertiary alicyclic amines) is 1. The molecular weight excluding hydrogens is 418 g/mol. The van der Waals surface area contributed by atoms with Gasteiger partial charge in [-0.25, -0.2) is 4.98 Å². The highest BCUT2D eigenvalue weighted by molar-refractivity contribution is 7.18. The summed E-state index contributed by atoms with van der Waals surface area (Å²) in [6.45, 7) is 4.67. The average Bonchev–Trinajstić information content (AvgIpc) is 3.44. The van der Waals surface area contributed by atoms with Gasteiger partial charge in [0.1, 0.15) is 11.1 Å². The first-order chi connectivity index (χ1) is 14.5. The Hall–Kier alpha value is -1.84.